The molecule has 2 aromatic rings. The molecule has 0 spiro atoms. The van der Waals surface area contributed by atoms with Gasteiger partial charge in [0.15, 0.2) is 5.76 Å². The van der Waals surface area contributed by atoms with Crippen molar-refractivity contribution in [3.8, 4) is 0 Å². The highest BCUT2D eigenvalue weighted by Crippen LogP contribution is 2.23. The second kappa shape index (κ2) is 8.47. The van der Waals surface area contributed by atoms with Crippen LogP contribution in [0.4, 0.5) is 5.69 Å². The molecular weight excluding hydrogens is 330 g/mol. The van der Waals surface area contributed by atoms with Gasteiger partial charge in [-0.3, -0.25) is 9.59 Å². The van der Waals surface area contributed by atoms with Crippen molar-refractivity contribution in [1.82, 2.24) is 5.43 Å². The number of rotatable bonds is 5. The van der Waals surface area contributed by atoms with Crippen molar-refractivity contribution in [1.29, 1.82) is 0 Å². The summed E-state index contributed by atoms with van der Waals surface area (Å²) in [4.78, 5) is 24.1. The molecule has 2 N–H and O–H groups in total. The summed E-state index contributed by atoms with van der Waals surface area (Å²) < 4.78 is 5.06. The minimum atomic E-state index is -0.298. The quantitative estimate of drug-likeness (QED) is 0.630. The second-order valence-electron chi connectivity index (χ2n) is 6.52. The van der Waals surface area contributed by atoms with Crippen LogP contribution in [0.25, 0.3) is 0 Å². The van der Waals surface area contributed by atoms with E-state index in [-0.39, 0.29) is 23.5 Å². The first kappa shape index (κ1) is 17.9. The van der Waals surface area contributed by atoms with Crippen LogP contribution in [-0.4, -0.2) is 17.5 Å². The normalized spacial score (nSPS) is 15.5. The van der Waals surface area contributed by atoms with Crippen molar-refractivity contribution < 1.29 is 14.0 Å². The molecule has 0 radical (unpaired) electrons. The number of hydrogen-bond donors (Lipinski definition) is 2. The Kier molecular flexibility index (Phi) is 5.84. The number of furan rings is 1. The van der Waals surface area contributed by atoms with E-state index in [0.717, 1.165) is 37.0 Å². The maximum atomic E-state index is 12.1. The molecule has 6 heteroatoms. The number of anilines is 1. The van der Waals surface area contributed by atoms with E-state index < -0.39 is 0 Å². The Hall–Kier alpha value is -2.89. The van der Waals surface area contributed by atoms with Gasteiger partial charge >= 0.3 is 0 Å². The average Bonchev–Trinajstić information content (AvgIpc) is 3.22. The molecule has 6 nitrogen and oxygen atoms in total. The number of nitrogens with one attached hydrogen (secondary N) is 2. The molecule has 0 unspecified atom stereocenters. The zero-order chi connectivity index (χ0) is 18.4. The fraction of sp³-hybridized carbons (Fsp3) is 0.350. The van der Waals surface area contributed by atoms with Gasteiger partial charge in [-0.1, -0.05) is 31.4 Å². The molecule has 1 fully saturated rings. The highest BCUT2D eigenvalue weighted by Gasteiger charge is 2.20. The average molecular weight is 353 g/mol. The zero-order valence-electron chi connectivity index (χ0n) is 14.8. The molecule has 0 saturated heterocycles. The zero-order valence-corrected chi connectivity index (χ0v) is 14.8. The maximum absolute atomic E-state index is 12.1. The van der Waals surface area contributed by atoms with Crippen molar-refractivity contribution in [3.05, 3.63) is 54.0 Å². The number of hydrogen-bond acceptors (Lipinski definition) is 4. The van der Waals surface area contributed by atoms with Gasteiger partial charge in [0.1, 0.15) is 0 Å². The fourth-order valence-electron chi connectivity index (χ4n) is 3.05. The smallest absolute Gasteiger partial charge is 0.291 e. The highest BCUT2D eigenvalue weighted by molar-refractivity contribution is 6.03. The third-order valence-corrected chi connectivity index (χ3v) is 4.62. The van der Waals surface area contributed by atoms with Crippen molar-refractivity contribution in [2.75, 3.05) is 5.32 Å². The molecule has 3 rings (SSSR count). The third kappa shape index (κ3) is 4.59. The van der Waals surface area contributed by atoms with E-state index in [1.54, 1.807) is 24.3 Å². The van der Waals surface area contributed by atoms with Gasteiger partial charge in [0.2, 0.25) is 5.91 Å². The predicted molar refractivity (Wildman–Crippen MR) is 100 cm³/mol. The number of benzene rings is 1. The van der Waals surface area contributed by atoms with Crippen LogP contribution in [0.1, 0.15) is 55.1 Å². The van der Waals surface area contributed by atoms with Crippen LogP contribution < -0.4 is 10.7 Å². The molecule has 1 aliphatic rings. The first-order chi connectivity index (χ1) is 12.6. The Bertz CT molecular complexity index is 773. The Balaban J connectivity index is 1.56. The Morgan fingerprint density at radius 1 is 1.08 bits per heavy atom. The van der Waals surface area contributed by atoms with Crippen molar-refractivity contribution in [2.45, 2.75) is 39.0 Å². The number of hydrazone groups is 1. The number of nitrogens with zero attached hydrogens (tertiary/aromatic N) is 1. The molecule has 1 aliphatic carbocycles. The predicted octanol–water partition coefficient (Wildman–Crippen LogP) is 3.95. The van der Waals surface area contributed by atoms with Gasteiger partial charge in [0.25, 0.3) is 5.91 Å². The fourth-order valence-corrected chi connectivity index (χ4v) is 3.05. The molecule has 0 aliphatic heterocycles. The van der Waals surface area contributed by atoms with E-state index in [2.05, 4.69) is 15.8 Å². The summed E-state index contributed by atoms with van der Waals surface area (Å²) in [6.45, 7) is 1.84. The van der Waals surface area contributed by atoms with Gasteiger partial charge in [-0.25, -0.2) is 5.43 Å². The highest BCUT2D eigenvalue weighted by atomic mass is 16.3. The summed E-state index contributed by atoms with van der Waals surface area (Å²) in [5.74, 6) is 0.0519. The molecule has 0 bridgehead atoms. The van der Waals surface area contributed by atoms with E-state index in [0.29, 0.717) is 5.69 Å². The van der Waals surface area contributed by atoms with Crippen LogP contribution in [-0.2, 0) is 4.79 Å². The van der Waals surface area contributed by atoms with Crippen LogP contribution in [0.15, 0.2) is 52.2 Å². The molecular formula is C20H23N3O3. The van der Waals surface area contributed by atoms with Gasteiger partial charge in [0, 0.05) is 11.6 Å². The summed E-state index contributed by atoms with van der Waals surface area (Å²) in [5, 5.41) is 6.98. The topological polar surface area (TPSA) is 83.7 Å². The summed E-state index contributed by atoms with van der Waals surface area (Å²) in [6.07, 6.45) is 6.81. The second-order valence-corrected chi connectivity index (χ2v) is 6.52. The van der Waals surface area contributed by atoms with Crippen LogP contribution >= 0.6 is 0 Å². The molecule has 1 aromatic heterocycles. The minimum Gasteiger partial charge on any atom is -0.459 e. The van der Waals surface area contributed by atoms with E-state index in [1.165, 1.54) is 12.7 Å². The molecule has 0 atom stereocenters. The molecule has 26 heavy (non-hydrogen) atoms. The van der Waals surface area contributed by atoms with Crippen LogP contribution in [0.3, 0.4) is 0 Å². The molecule has 1 saturated carbocycles. The molecule has 1 aromatic carbocycles. The number of carbonyl (C=O) groups excluding carboxylic acids is 2. The number of amides is 2. The SMILES string of the molecule is C/C(=N\NC(=O)C1CCCCC1)c1ccc(NC(=O)c2ccco2)cc1. The largest absolute Gasteiger partial charge is 0.459 e. The maximum Gasteiger partial charge on any atom is 0.291 e. The first-order valence-electron chi connectivity index (χ1n) is 8.93. The van der Waals surface area contributed by atoms with Gasteiger partial charge in [-0.2, -0.15) is 5.10 Å². The molecule has 1 heterocycles. The Labute approximate surface area is 152 Å². The number of carbonyl (C=O) groups is 2. The monoisotopic (exact) mass is 353 g/mol. The lowest BCUT2D eigenvalue weighted by molar-refractivity contribution is -0.125. The van der Waals surface area contributed by atoms with Crippen LogP contribution in [0, 0.1) is 5.92 Å². The van der Waals surface area contributed by atoms with E-state index in [9.17, 15) is 9.59 Å². The Morgan fingerprint density at radius 3 is 2.46 bits per heavy atom. The third-order valence-electron chi connectivity index (χ3n) is 4.62. The lowest BCUT2D eigenvalue weighted by Gasteiger charge is -2.19. The van der Waals surface area contributed by atoms with Crippen molar-refractivity contribution in [2.24, 2.45) is 11.0 Å². The summed E-state index contributed by atoms with van der Waals surface area (Å²) >= 11 is 0. The first-order valence-corrected chi connectivity index (χ1v) is 8.93. The molecule has 136 valence electrons. The molecule has 2 amide bonds. The van der Waals surface area contributed by atoms with Crippen LogP contribution in [0.2, 0.25) is 0 Å². The van der Waals surface area contributed by atoms with E-state index in [4.69, 9.17) is 4.42 Å². The minimum absolute atomic E-state index is 0.00591. The summed E-state index contributed by atoms with van der Waals surface area (Å²) in [5.41, 5.74) is 4.94. The lowest BCUT2D eigenvalue weighted by atomic mass is 9.89. The summed E-state index contributed by atoms with van der Waals surface area (Å²) in [7, 11) is 0. The van der Waals surface area contributed by atoms with Crippen LogP contribution in [0.5, 0.6) is 0 Å². The standard InChI is InChI=1S/C20H23N3O3/c1-14(22-23-19(24)16-6-3-2-4-7-16)15-9-11-17(12-10-15)21-20(25)18-8-5-13-26-18/h5,8-13,16H,2-4,6-7H2,1H3,(H,21,25)(H,23,24)/b22-14+. The summed E-state index contributed by atoms with van der Waals surface area (Å²) in [6, 6.07) is 10.6. The van der Waals surface area contributed by atoms with Crippen molar-refractivity contribution >= 4 is 23.2 Å². The lowest BCUT2D eigenvalue weighted by Crippen LogP contribution is -2.29. The van der Waals surface area contributed by atoms with Gasteiger partial charge in [-0.15, -0.1) is 0 Å². The Morgan fingerprint density at radius 2 is 1.81 bits per heavy atom. The van der Waals surface area contributed by atoms with E-state index >= 15 is 0 Å². The van der Waals surface area contributed by atoms with Crippen molar-refractivity contribution in [3.63, 3.8) is 0 Å². The van der Waals surface area contributed by atoms with Gasteiger partial charge in [-0.05, 0) is 49.6 Å². The van der Waals surface area contributed by atoms with Gasteiger partial charge < -0.3 is 9.73 Å². The van der Waals surface area contributed by atoms with E-state index in [1.807, 2.05) is 19.1 Å². The van der Waals surface area contributed by atoms with Gasteiger partial charge in [0.05, 0.1) is 12.0 Å².